The van der Waals surface area contributed by atoms with E-state index in [0.717, 1.165) is 16.6 Å². The van der Waals surface area contributed by atoms with Crippen LogP contribution in [0.25, 0.3) is 11.0 Å². The fourth-order valence-electron chi connectivity index (χ4n) is 2.23. The van der Waals surface area contributed by atoms with Gasteiger partial charge in [0, 0.05) is 12.6 Å². The third-order valence-electron chi connectivity index (χ3n) is 3.27. The van der Waals surface area contributed by atoms with Gasteiger partial charge in [0.15, 0.2) is 0 Å². The molecule has 0 N–H and O–H groups in total. The van der Waals surface area contributed by atoms with Crippen molar-refractivity contribution in [2.75, 3.05) is 14.2 Å². The predicted molar refractivity (Wildman–Crippen MR) is 78.5 cm³/mol. The van der Waals surface area contributed by atoms with Crippen molar-refractivity contribution in [1.82, 2.24) is 15.2 Å². The zero-order valence-electron chi connectivity index (χ0n) is 12.3. The Bertz CT molecular complexity index is 840. The molecule has 22 heavy (non-hydrogen) atoms. The van der Waals surface area contributed by atoms with Gasteiger partial charge in [-0.25, -0.2) is 4.63 Å². The fourth-order valence-corrected chi connectivity index (χ4v) is 2.23. The van der Waals surface area contributed by atoms with Crippen LogP contribution in [0.1, 0.15) is 11.3 Å². The van der Waals surface area contributed by atoms with E-state index in [1.807, 2.05) is 30.1 Å². The van der Waals surface area contributed by atoms with Gasteiger partial charge in [0.1, 0.15) is 23.1 Å². The number of fused-ring (bicyclic) bond motifs is 1. The molecule has 0 aliphatic carbocycles. The highest BCUT2D eigenvalue weighted by Gasteiger charge is 2.08. The molecule has 0 aliphatic rings. The third-order valence-corrected chi connectivity index (χ3v) is 3.27. The van der Waals surface area contributed by atoms with E-state index in [0.29, 0.717) is 18.8 Å². The average molecular weight is 301 g/mol. The standard InChI is InChI=1S/C15H15N3O4/c1-18(8-11-6-14(19)15(20-2)9-21-11)7-10-3-4-12-13(5-10)17-22-16-12/h3-6,9H,7-8H2,1-2H3. The number of hydrogen-bond donors (Lipinski definition) is 0. The SMILES string of the molecule is COc1coc(CN(C)Cc2ccc3nonc3c2)cc1=O. The summed E-state index contributed by atoms with van der Waals surface area (Å²) in [6.07, 6.45) is 1.33. The molecule has 0 atom stereocenters. The molecule has 0 aliphatic heterocycles. The first-order chi connectivity index (χ1) is 10.7. The smallest absolute Gasteiger partial charge is 0.227 e. The van der Waals surface area contributed by atoms with Gasteiger partial charge in [0.05, 0.1) is 13.7 Å². The lowest BCUT2D eigenvalue weighted by molar-refractivity contribution is 0.279. The summed E-state index contributed by atoms with van der Waals surface area (Å²) in [6, 6.07) is 7.20. The maximum absolute atomic E-state index is 11.7. The van der Waals surface area contributed by atoms with E-state index in [2.05, 4.69) is 14.9 Å². The van der Waals surface area contributed by atoms with Gasteiger partial charge in [0.25, 0.3) is 0 Å². The second-order valence-corrected chi connectivity index (χ2v) is 5.04. The summed E-state index contributed by atoms with van der Waals surface area (Å²) in [5.41, 5.74) is 2.34. The van der Waals surface area contributed by atoms with Crippen LogP contribution in [0, 0.1) is 0 Å². The molecule has 7 nitrogen and oxygen atoms in total. The van der Waals surface area contributed by atoms with Crippen molar-refractivity contribution in [1.29, 1.82) is 0 Å². The van der Waals surface area contributed by atoms with Crippen molar-refractivity contribution in [3.8, 4) is 5.75 Å². The molecule has 3 rings (SSSR count). The van der Waals surface area contributed by atoms with Gasteiger partial charge in [-0.05, 0) is 35.1 Å². The lowest BCUT2D eigenvalue weighted by Crippen LogP contribution is -2.18. The molecule has 0 unspecified atom stereocenters. The van der Waals surface area contributed by atoms with Gasteiger partial charge in [-0.2, -0.15) is 0 Å². The second-order valence-electron chi connectivity index (χ2n) is 5.04. The Morgan fingerprint density at radius 3 is 2.77 bits per heavy atom. The first kappa shape index (κ1) is 14.3. The summed E-state index contributed by atoms with van der Waals surface area (Å²) >= 11 is 0. The van der Waals surface area contributed by atoms with E-state index in [4.69, 9.17) is 9.15 Å². The number of hydrogen-bond acceptors (Lipinski definition) is 7. The number of aromatic nitrogens is 2. The summed E-state index contributed by atoms with van der Waals surface area (Å²) in [4.78, 5) is 13.7. The molecule has 0 saturated heterocycles. The molecule has 0 fully saturated rings. The van der Waals surface area contributed by atoms with E-state index < -0.39 is 0 Å². The summed E-state index contributed by atoms with van der Waals surface area (Å²) in [6.45, 7) is 1.19. The number of nitrogens with zero attached hydrogens (tertiary/aromatic N) is 3. The minimum Gasteiger partial charge on any atom is -0.490 e. The lowest BCUT2D eigenvalue weighted by Gasteiger charge is -2.15. The molecule has 2 heterocycles. The number of ether oxygens (including phenoxy) is 1. The molecule has 0 radical (unpaired) electrons. The second kappa shape index (κ2) is 5.98. The lowest BCUT2D eigenvalue weighted by atomic mass is 10.2. The maximum Gasteiger partial charge on any atom is 0.227 e. The van der Waals surface area contributed by atoms with E-state index in [-0.39, 0.29) is 11.2 Å². The zero-order valence-corrected chi connectivity index (χ0v) is 12.3. The molecular weight excluding hydrogens is 286 g/mol. The van der Waals surface area contributed by atoms with Gasteiger partial charge >= 0.3 is 0 Å². The van der Waals surface area contributed by atoms with Crippen LogP contribution < -0.4 is 10.2 Å². The molecule has 0 amide bonds. The van der Waals surface area contributed by atoms with Crippen LogP contribution in [0.3, 0.4) is 0 Å². The van der Waals surface area contributed by atoms with Crippen LogP contribution in [0.4, 0.5) is 0 Å². The first-order valence-corrected chi connectivity index (χ1v) is 6.71. The van der Waals surface area contributed by atoms with Gasteiger partial charge in [-0.15, -0.1) is 0 Å². The Kier molecular flexibility index (Phi) is 3.88. The van der Waals surface area contributed by atoms with Crippen LogP contribution >= 0.6 is 0 Å². The van der Waals surface area contributed by atoms with Crippen molar-refractivity contribution in [2.45, 2.75) is 13.1 Å². The van der Waals surface area contributed by atoms with Gasteiger partial charge < -0.3 is 9.15 Å². The summed E-state index contributed by atoms with van der Waals surface area (Å²) < 4.78 is 15.0. The Hall–Kier alpha value is -2.67. The van der Waals surface area contributed by atoms with E-state index in [9.17, 15) is 4.79 Å². The van der Waals surface area contributed by atoms with Gasteiger partial charge in [-0.1, -0.05) is 6.07 Å². The highest BCUT2D eigenvalue weighted by molar-refractivity contribution is 5.73. The van der Waals surface area contributed by atoms with Crippen molar-refractivity contribution in [3.05, 3.63) is 52.1 Å². The minimum absolute atomic E-state index is 0.188. The number of benzene rings is 1. The van der Waals surface area contributed by atoms with Gasteiger partial charge in [-0.3, -0.25) is 9.69 Å². The largest absolute Gasteiger partial charge is 0.490 e. The molecule has 114 valence electrons. The van der Waals surface area contributed by atoms with Crippen molar-refractivity contribution in [2.24, 2.45) is 0 Å². The Balaban J connectivity index is 1.70. The van der Waals surface area contributed by atoms with E-state index in [1.54, 1.807) is 0 Å². The molecular formula is C15H15N3O4. The molecule has 1 aromatic carbocycles. The van der Waals surface area contributed by atoms with Crippen molar-refractivity contribution < 1.29 is 13.8 Å². The van der Waals surface area contributed by atoms with Crippen molar-refractivity contribution >= 4 is 11.0 Å². The number of rotatable bonds is 5. The topological polar surface area (TPSA) is 81.6 Å². The quantitative estimate of drug-likeness (QED) is 0.711. The Labute approximate surface area is 126 Å². The normalized spacial score (nSPS) is 11.2. The van der Waals surface area contributed by atoms with Crippen LogP contribution in [0.15, 0.2) is 44.4 Å². The highest BCUT2D eigenvalue weighted by atomic mass is 16.6. The molecule has 7 heteroatoms. The predicted octanol–water partition coefficient (Wildman–Crippen LogP) is 1.82. The molecule has 3 aromatic rings. The summed E-state index contributed by atoms with van der Waals surface area (Å²) in [5, 5.41) is 7.59. The van der Waals surface area contributed by atoms with Crippen molar-refractivity contribution in [3.63, 3.8) is 0 Å². The molecule has 0 spiro atoms. The monoisotopic (exact) mass is 301 g/mol. The van der Waals surface area contributed by atoms with Gasteiger partial charge in [0.2, 0.25) is 11.2 Å². The first-order valence-electron chi connectivity index (χ1n) is 6.71. The Morgan fingerprint density at radius 2 is 2.00 bits per heavy atom. The van der Waals surface area contributed by atoms with E-state index >= 15 is 0 Å². The minimum atomic E-state index is -0.188. The zero-order chi connectivity index (χ0) is 15.5. The molecule has 0 saturated carbocycles. The number of methoxy groups -OCH3 is 1. The summed E-state index contributed by atoms with van der Waals surface area (Å²) in [5.74, 6) is 0.785. The highest BCUT2D eigenvalue weighted by Crippen LogP contribution is 2.14. The summed E-state index contributed by atoms with van der Waals surface area (Å²) in [7, 11) is 3.38. The van der Waals surface area contributed by atoms with E-state index in [1.165, 1.54) is 19.4 Å². The average Bonchev–Trinajstić information content (AvgIpc) is 2.95. The molecule has 2 aromatic heterocycles. The molecule has 0 bridgehead atoms. The van der Waals surface area contributed by atoms with Crippen LogP contribution in [-0.4, -0.2) is 29.4 Å². The van der Waals surface area contributed by atoms with Crippen LogP contribution in [0.5, 0.6) is 5.75 Å². The third kappa shape index (κ3) is 2.99. The Morgan fingerprint density at radius 1 is 1.18 bits per heavy atom. The fraction of sp³-hybridized carbons (Fsp3) is 0.267. The van der Waals surface area contributed by atoms with Crippen LogP contribution in [-0.2, 0) is 13.1 Å². The van der Waals surface area contributed by atoms with Crippen LogP contribution in [0.2, 0.25) is 0 Å². The maximum atomic E-state index is 11.7.